The van der Waals surface area contributed by atoms with Crippen LogP contribution in [0.1, 0.15) is 21.1 Å². The first-order valence-electron chi connectivity index (χ1n) is 4.68. The normalized spacial score (nSPS) is 10.1. The fourth-order valence-electron chi connectivity index (χ4n) is 1.35. The predicted molar refractivity (Wildman–Crippen MR) is 61.1 cm³/mol. The Balaban J connectivity index is 2.46. The lowest BCUT2D eigenvalue weighted by molar-refractivity contribution is 0.103. The van der Waals surface area contributed by atoms with E-state index < -0.39 is 0 Å². The van der Waals surface area contributed by atoms with Crippen molar-refractivity contribution in [2.24, 2.45) is 0 Å². The van der Waals surface area contributed by atoms with E-state index in [1.54, 1.807) is 30.8 Å². The Hall–Kier alpha value is -1.75. The monoisotopic (exact) mass is 234 g/mol. The van der Waals surface area contributed by atoms with Gasteiger partial charge in [0, 0.05) is 6.20 Å². The maximum absolute atomic E-state index is 12.1. The molecule has 0 saturated heterocycles. The second-order valence-electron chi connectivity index (χ2n) is 3.15. The Kier molecular flexibility index (Phi) is 2.96. The molecule has 82 valence electrons. The maximum atomic E-state index is 12.1. The predicted octanol–water partition coefficient (Wildman–Crippen LogP) is 2.09. The van der Waals surface area contributed by atoms with Crippen molar-refractivity contribution in [1.29, 1.82) is 0 Å². The van der Waals surface area contributed by atoms with Crippen LogP contribution in [-0.4, -0.2) is 22.9 Å². The Labute approximate surface area is 96.9 Å². The second kappa shape index (κ2) is 4.40. The summed E-state index contributed by atoms with van der Waals surface area (Å²) in [6.07, 6.45) is 1.58. The number of ether oxygens (including phenoxy) is 1. The number of pyridine rings is 1. The molecule has 0 aromatic carbocycles. The lowest BCUT2D eigenvalue weighted by Crippen LogP contribution is -2.06. The number of carbonyl (C=O) groups is 1. The number of ketones is 1. The van der Waals surface area contributed by atoms with Gasteiger partial charge in [-0.3, -0.25) is 4.79 Å². The molecule has 4 nitrogen and oxygen atoms in total. The molecule has 5 heteroatoms. The van der Waals surface area contributed by atoms with Crippen molar-refractivity contribution in [3.8, 4) is 5.75 Å². The summed E-state index contributed by atoms with van der Waals surface area (Å²) < 4.78 is 5.11. The Morgan fingerprint density at radius 3 is 2.88 bits per heavy atom. The highest BCUT2D eigenvalue weighted by atomic mass is 32.1. The number of methoxy groups -OCH3 is 1. The number of aryl methyl sites for hydroxylation is 1. The molecule has 0 fully saturated rings. The molecule has 0 N–H and O–H groups in total. The molecule has 2 rings (SSSR count). The van der Waals surface area contributed by atoms with Gasteiger partial charge >= 0.3 is 0 Å². The zero-order valence-corrected chi connectivity index (χ0v) is 9.75. The van der Waals surface area contributed by atoms with Crippen LogP contribution in [0.2, 0.25) is 0 Å². The van der Waals surface area contributed by atoms with Crippen LogP contribution < -0.4 is 4.74 Å². The third-order valence-electron chi connectivity index (χ3n) is 2.16. The van der Waals surface area contributed by atoms with E-state index in [1.807, 2.05) is 0 Å². The van der Waals surface area contributed by atoms with Gasteiger partial charge in [0.05, 0.1) is 23.2 Å². The molecular formula is C11H10N2O2S. The Bertz CT molecular complexity index is 522. The highest BCUT2D eigenvalue weighted by Crippen LogP contribution is 2.22. The minimum absolute atomic E-state index is 0.141. The molecule has 0 aliphatic heterocycles. The van der Waals surface area contributed by atoms with Crippen LogP contribution in [0.4, 0.5) is 0 Å². The van der Waals surface area contributed by atoms with Crippen LogP contribution in [0.15, 0.2) is 23.8 Å². The van der Waals surface area contributed by atoms with Crippen molar-refractivity contribution < 1.29 is 9.53 Å². The summed E-state index contributed by atoms with van der Waals surface area (Å²) in [6, 6.07) is 3.45. The summed E-state index contributed by atoms with van der Waals surface area (Å²) >= 11 is 1.32. The summed E-state index contributed by atoms with van der Waals surface area (Å²) in [5, 5.41) is 0. The number of thiazole rings is 1. The van der Waals surface area contributed by atoms with Gasteiger partial charge in [-0.1, -0.05) is 0 Å². The summed E-state index contributed by atoms with van der Waals surface area (Å²) in [5.41, 5.74) is 2.71. The molecule has 2 heterocycles. The first-order chi connectivity index (χ1) is 7.74. The average Bonchev–Trinajstić information content (AvgIpc) is 2.74. The zero-order chi connectivity index (χ0) is 11.5. The molecule has 0 unspecified atom stereocenters. The minimum Gasteiger partial charge on any atom is -0.494 e. The highest BCUT2D eigenvalue weighted by Gasteiger charge is 2.19. The van der Waals surface area contributed by atoms with E-state index in [1.165, 1.54) is 18.4 Å². The zero-order valence-electron chi connectivity index (χ0n) is 8.93. The van der Waals surface area contributed by atoms with Gasteiger partial charge in [0.25, 0.3) is 0 Å². The van der Waals surface area contributed by atoms with Gasteiger partial charge in [0.1, 0.15) is 5.75 Å². The highest BCUT2D eigenvalue weighted by molar-refractivity contribution is 7.12. The molecule has 2 aromatic rings. The van der Waals surface area contributed by atoms with Crippen LogP contribution in [0, 0.1) is 6.92 Å². The van der Waals surface area contributed by atoms with E-state index in [2.05, 4.69) is 9.97 Å². The quantitative estimate of drug-likeness (QED) is 0.763. The first kappa shape index (κ1) is 10.8. The topological polar surface area (TPSA) is 52.1 Å². The van der Waals surface area contributed by atoms with Crippen molar-refractivity contribution >= 4 is 17.1 Å². The molecule has 0 aliphatic rings. The standard InChI is InChI=1S/C11H10N2O2S/c1-7-11(16-6-13-7)10(14)9-8(15-2)4-3-5-12-9/h3-6H,1-2H3. The lowest BCUT2D eigenvalue weighted by Gasteiger charge is -2.04. The van der Waals surface area contributed by atoms with E-state index in [0.717, 1.165) is 5.69 Å². The van der Waals surface area contributed by atoms with Gasteiger partial charge < -0.3 is 4.74 Å². The number of hydrogen-bond acceptors (Lipinski definition) is 5. The maximum Gasteiger partial charge on any atom is 0.226 e. The third-order valence-corrected chi connectivity index (χ3v) is 3.08. The van der Waals surface area contributed by atoms with E-state index in [0.29, 0.717) is 16.3 Å². The number of nitrogens with zero attached hydrogens (tertiary/aromatic N) is 2. The number of aromatic nitrogens is 2. The van der Waals surface area contributed by atoms with Crippen molar-refractivity contribution in [1.82, 2.24) is 9.97 Å². The number of rotatable bonds is 3. The number of hydrogen-bond donors (Lipinski definition) is 0. The minimum atomic E-state index is -0.141. The molecule has 0 saturated carbocycles. The van der Waals surface area contributed by atoms with Crippen molar-refractivity contribution in [3.63, 3.8) is 0 Å². The lowest BCUT2D eigenvalue weighted by atomic mass is 10.2. The Morgan fingerprint density at radius 2 is 2.25 bits per heavy atom. The average molecular weight is 234 g/mol. The van der Waals surface area contributed by atoms with Gasteiger partial charge in [-0.15, -0.1) is 11.3 Å². The van der Waals surface area contributed by atoms with Crippen LogP contribution in [0.25, 0.3) is 0 Å². The summed E-state index contributed by atoms with van der Waals surface area (Å²) in [5.74, 6) is 0.345. The van der Waals surface area contributed by atoms with Crippen LogP contribution in [0.3, 0.4) is 0 Å². The second-order valence-corrected chi connectivity index (χ2v) is 4.01. The SMILES string of the molecule is COc1cccnc1C(=O)c1scnc1C. The van der Waals surface area contributed by atoms with Crippen LogP contribution in [-0.2, 0) is 0 Å². The fourth-order valence-corrected chi connectivity index (χ4v) is 2.10. The van der Waals surface area contributed by atoms with Crippen LogP contribution >= 0.6 is 11.3 Å². The van der Waals surface area contributed by atoms with E-state index in [-0.39, 0.29) is 5.78 Å². The number of carbonyl (C=O) groups excluding carboxylic acids is 1. The summed E-state index contributed by atoms with van der Waals surface area (Å²) in [6.45, 7) is 1.80. The summed E-state index contributed by atoms with van der Waals surface area (Å²) in [7, 11) is 1.52. The van der Waals surface area contributed by atoms with E-state index in [4.69, 9.17) is 4.74 Å². The van der Waals surface area contributed by atoms with E-state index >= 15 is 0 Å². The van der Waals surface area contributed by atoms with Crippen molar-refractivity contribution in [2.45, 2.75) is 6.92 Å². The van der Waals surface area contributed by atoms with Crippen molar-refractivity contribution in [2.75, 3.05) is 7.11 Å². The molecular weight excluding hydrogens is 224 g/mol. The van der Waals surface area contributed by atoms with Crippen LogP contribution in [0.5, 0.6) is 5.75 Å². The van der Waals surface area contributed by atoms with Gasteiger partial charge in [-0.25, -0.2) is 9.97 Å². The van der Waals surface area contributed by atoms with Gasteiger partial charge in [0.2, 0.25) is 5.78 Å². The molecule has 0 atom stereocenters. The van der Waals surface area contributed by atoms with Crippen molar-refractivity contribution in [3.05, 3.63) is 40.1 Å². The molecule has 0 spiro atoms. The van der Waals surface area contributed by atoms with Gasteiger partial charge in [-0.05, 0) is 19.1 Å². The molecule has 2 aromatic heterocycles. The smallest absolute Gasteiger partial charge is 0.226 e. The van der Waals surface area contributed by atoms with E-state index in [9.17, 15) is 4.79 Å². The largest absolute Gasteiger partial charge is 0.494 e. The molecule has 0 bridgehead atoms. The Morgan fingerprint density at radius 1 is 1.44 bits per heavy atom. The summed E-state index contributed by atoms with van der Waals surface area (Å²) in [4.78, 5) is 20.8. The third kappa shape index (κ3) is 1.81. The molecule has 0 radical (unpaired) electrons. The molecule has 0 aliphatic carbocycles. The van der Waals surface area contributed by atoms with Gasteiger partial charge in [0.15, 0.2) is 5.69 Å². The van der Waals surface area contributed by atoms with Gasteiger partial charge in [-0.2, -0.15) is 0 Å². The fraction of sp³-hybridized carbons (Fsp3) is 0.182. The first-order valence-corrected chi connectivity index (χ1v) is 5.55. The molecule has 16 heavy (non-hydrogen) atoms. The molecule has 0 amide bonds.